The van der Waals surface area contributed by atoms with Crippen LogP contribution in [0.25, 0.3) is 0 Å². The summed E-state index contributed by atoms with van der Waals surface area (Å²) in [5.74, 6) is 0.789. The lowest BCUT2D eigenvalue weighted by atomic mass is 9.98. The van der Waals surface area contributed by atoms with E-state index in [2.05, 4.69) is 23.6 Å². The number of phenolic OH excluding ortho intramolecular Hbond substituents is 1. The molecule has 118 valence electrons. The number of phenols is 1. The minimum Gasteiger partial charge on any atom is -0.508 e. The quantitative estimate of drug-likeness (QED) is 0.597. The predicted octanol–water partition coefficient (Wildman–Crippen LogP) is 4.13. The molecule has 0 aliphatic carbocycles. The minimum atomic E-state index is 0.320. The molecule has 2 N–H and O–H groups in total. The van der Waals surface area contributed by atoms with Crippen molar-refractivity contribution in [2.75, 3.05) is 13.1 Å². The lowest BCUT2D eigenvalue weighted by Gasteiger charge is -2.13. The number of aromatic hydroxyl groups is 1. The van der Waals surface area contributed by atoms with Crippen LogP contribution in [0.15, 0.2) is 71.6 Å². The molecule has 0 radical (unpaired) electrons. The summed E-state index contributed by atoms with van der Waals surface area (Å²) in [4.78, 5) is 0. The third-order valence-electron chi connectivity index (χ3n) is 4.05. The summed E-state index contributed by atoms with van der Waals surface area (Å²) < 4.78 is 1.90. The van der Waals surface area contributed by atoms with E-state index in [9.17, 15) is 5.11 Å². The summed E-state index contributed by atoms with van der Waals surface area (Å²) in [6.07, 6.45) is 3.12. The van der Waals surface area contributed by atoms with E-state index in [0.29, 0.717) is 11.7 Å². The summed E-state index contributed by atoms with van der Waals surface area (Å²) in [5.41, 5.74) is 3.43. The van der Waals surface area contributed by atoms with E-state index in [4.69, 9.17) is 0 Å². The fourth-order valence-corrected chi connectivity index (χ4v) is 2.58. The van der Waals surface area contributed by atoms with E-state index in [0.717, 1.165) is 30.9 Å². The van der Waals surface area contributed by atoms with Gasteiger partial charge in [0.25, 0.3) is 0 Å². The SMILES string of the molecule is CC(CCNCC1=C[N+](c2ccccc2)=N1)c1ccc(O)cc1. The Labute approximate surface area is 136 Å². The maximum Gasteiger partial charge on any atom is 0.238 e. The van der Waals surface area contributed by atoms with Crippen molar-refractivity contribution in [3.8, 4) is 5.75 Å². The Morgan fingerprint density at radius 1 is 1.09 bits per heavy atom. The summed E-state index contributed by atoms with van der Waals surface area (Å²) in [7, 11) is 0. The minimum absolute atomic E-state index is 0.320. The molecule has 0 spiro atoms. The van der Waals surface area contributed by atoms with Gasteiger partial charge in [-0.15, -0.1) is 0 Å². The number of benzene rings is 2. The van der Waals surface area contributed by atoms with Gasteiger partial charge < -0.3 is 10.4 Å². The Bertz CT molecular complexity index is 705. The number of nitrogens with one attached hydrogen (secondary N) is 1. The van der Waals surface area contributed by atoms with Crippen molar-refractivity contribution in [3.05, 3.63) is 72.1 Å². The van der Waals surface area contributed by atoms with E-state index in [-0.39, 0.29) is 0 Å². The molecule has 0 fully saturated rings. The maximum absolute atomic E-state index is 9.32. The molecule has 4 heteroatoms. The molecular formula is C19H22N3O+. The molecule has 2 aromatic carbocycles. The van der Waals surface area contributed by atoms with Crippen LogP contribution < -0.4 is 5.32 Å². The van der Waals surface area contributed by atoms with Crippen molar-refractivity contribution < 1.29 is 9.80 Å². The Kier molecular flexibility index (Phi) is 4.83. The average Bonchev–Trinajstić information content (AvgIpc) is 2.54. The second kappa shape index (κ2) is 7.20. The molecule has 3 rings (SSSR count). The van der Waals surface area contributed by atoms with Crippen LogP contribution in [0, 0.1) is 0 Å². The Balaban J connectivity index is 1.37. The van der Waals surface area contributed by atoms with Crippen molar-refractivity contribution in [3.63, 3.8) is 0 Å². The standard InChI is InChI=1S/C19H21N3O/c1-15(16-7-9-19(23)10-8-16)11-12-20-13-17-14-22(21-17)18-5-3-2-4-6-18/h2-10,14-15,20H,11-13H2,1H3/p+1. The fraction of sp³-hybridized carbons (Fsp3) is 0.263. The molecule has 0 saturated carbocycles. The summed E-state index contributed by atoms with van der Waals surface area (Å²) >= 11 is 0. The van der Waals surface area contributed by atoms with Gasteiger partial charge in [0.15, 0.2) is 5.70 Å². The topological polar surface area (TPSA) is 47.6 Å². The molecule has 2 aromatic rings. The van der Waals surface area contributed by atoms with Gasteiger partial charge in [-0.25, -0.2) is 0 Å². The first-order valence-electron chi connectivity index (χ1n) is 7.98. The van der Waals surface area contributed by atoms with E-state index in [1.807, 2.05) is 47.2 Å². The fourth-order valence-electron chi connectivity index (χ4n) is 2.58. The molecule has 0 bridgehead atoms. The third kappa shape index (κ3) is 4.05. The molecule has 1 heterocycles. The predicted molar refractivity (Wildman–Crippen MR) is 90.9 cm³/mol. The van der Waals surface area contributed by atoms with E-state index >= 15 is 0 Å². The van der Waals surface area contributed by atoms with Crippen LogP contribution in [-0.4, -0.2) is 22.9 Å². The second-order valence-corrected chi connectivity index (χ2v) is 5.86. The van der Waals surface area contributed by atoms with Crippen LogP contribution in [-0.2, 0) is 0 Å². The molecule has 23 heavy (non-hydrogen) atoms. The highest BCUT2D eigenvalue weighted by molar-refractivity contribution is 5.30. The van der Waals surface area contributed by atoms with Gasteiger partial charge in [0.05, 0.1) is 6.54 Å². The van der Waals surface area contributed by atoms with Crippen LogP contribution in [0.5, 0.6) is 5.75 Å². The monoisotopic (exact) mass is 308 g/mol. The van der Waals surface area contributed by atoms with Crippen LogP contribution in [0.3, 0.4) is 0 Å². The third-order valence-corrected chi connectivity index (χ3v) is 4.05. The zero-order valence-corrected chi connectivity index (χ0v) is 13.3. The van der Waals surface area contributed by atoms with Crippen molar-refractivity contribution in [1.29, 1.82) is 0 Å². The largest absolute Gasteiger partial charge is 0.508 e. The lowest BCUT2D eigenvalue weighted by Crippen LogP contribution is -2.22. The highest BCUT2D eigenvalue weighted by Crippen LogP contribution is 2.22. The van der Waals surface area contributed by atoms with Crippen molar-refractivity contribution in [2.45, 2.75) is 19.3 Å². The molecular weight excluding hydrogens is 286 g/mol. The number of nitrogens with zero attached hydrogens (tertiary/aromatic N) is 2. The van der Waals surface area contributed by atoms with Gasteiger partial charge in [0.1, 0.15) is 5.75 Å². The van der Waals surface area contributed by atoms with Gasteiger partial charge in [-0.1, -0.05) is 37.3 Å². The normalized spacial score (nSPS) is 14.7. The molecule has 1 aliphatic rings. The number of azo groups is 2. The number of para-hydroxylation sites is 1. The highest BCUT2D eigenvalue weighted by atomic mass is 16.3. The lowest BCUT2D eigenvalue weighted by molar-refractivity contribution is -0.461. The van der Waals surface area contributed by atoms with Crippen molar-refractivity contribution >= 4 is 5.69 Å². The van der Waals surface area contributed by atoms with Crippen LogP contribution in [0.2, 0.25) is 0 Å². The smallest absolute Gasteiger partial charge is 0.238 e. The van der Waals surface area contributed by atoms with Crippen LogP contribution in [0.4, 0.5) is 5.69 Å². The number of rotatable bonds is 7. The van der Waals surface area contributed by atoms with E-state index < -0.39 is 0 Å². The van der Waals surface area contributed by atoms with Gasteiger partial charge in [0, 0.05) is 17.2 Å². The zero-order valence-electron chi connectivity index (χ0n) is 13.3. The molecule has 0 aromatic heterocycles. The van der Waals surface area contributed by atoms with E-state index in [1.165, 1.54) is 5.56 Å². The number of hydrogen-bond acceptors (Lipinski definition) is 3. The molecule has 4 nitrogen and oxygen atoms in total. The van der Waals surface area contributed by atoms with Gasteiger partial charge in [-0.2, -0.15) is 0 Å². The molecule has 0 amide bonds. The number of hydrogen-bond donors (Lipinski definition) is 2. The molecule has 1 aliphatic heterocycles. The molecule has 1 atom stereocenters. The van der Waals surface area contributed by atoms with Crippen molar-refractivity contribution in [2.24, 2.45) is 5.11 Å². The maximum atomic E-state index is 9.32. The zero-order chi connectivity index (χ0) is 16.1. The first-order chi connectivity index (χ1) is 11.2. The van der Waals surface area contributed by atoms with Crippen molar-refractivity contribution in [1.82, 2.24) is 5.32 Å². The summed E-state index contributed by atoms with van der Waals surface area (Å²) in [5, 5.41) is 17.2. The molecule has 1 unspecified atom stereocenters. The second-order valence-electron chi connectivity index (χ2n) is 5.86. The average molecular weight is 308 g/mol. The summed E-state index contributed by atoms with van der Waals surface area (Å²) in [6, 6.07) is 17.6. The van der Waals surface area contributed by atoms with Crippen LogP contribution in [0.1, 0.15) is 24.8 Å². The Hall–Kier alpha value is -2.46. The first-order valence-corrected chi connectivity index (χ1v) is 7.98. The van der Waals surface area contributed by atoms with Gasteiger partial charge in [-0.05, 0) is 41.3 Å². The van der Waals surface area contributed by atoms with Gasteiger partial charge in [0.2, 0.25) is 11.9 Å². The van der Waals surface area contributed by atoms with Gasteiger partial charge >= 0.3 is 0 Å². The van der Waals surface area contributed by atoms with E-state index in [1.54, 1.807) is 12.1 Å². The Morgan fingerprint density at radius 3 is 2.48 bits per heavy atom. The Morgan fingerprint density at radius 2 is 1.78 bits per heavy atom. The highest BCUT2D eigenvalue weighted by Gasteiger charge is 2.21. The summed E-state index contributed by atoms with van der Waals surface area (Å²) in [6.45, 7) is 3.95. The van der Waals surface area contributed by atoms with Crippen LogP contribution >= 0.6 is 0 Å². The first kappa shape index (κ1) is 15.4. The molecule has 0 saturated heterocycles. The van der Waals surface area contributed by atoms with Gasteiger partial charge in [-0.3, -0.25) is 0 Å².